The molecule has 1 aromatic heterocycles. The highest BCUT2D eigenvalue weighted by molar-refractivity contribution is 5.95. The lowest BCUT2D eigenvalue weighted by Gasteiger charge is -2.40. The number of hydrogen-bond acceptors (Lipinski definition) is 8. The van der Waals surface area contributed by atoms with Crippen molar-refractivity contribution < 1.29 is 27.5 Å². The van der Waals surface area contributed by atoms with Gasteiger partial charge in [0.05, 0.1) is 18.8 Å². The molecule has 42 heavy (non-hydrogen) atoms. The van der Waals surface area contributed by atoms with Crippen LogP contribution in [0.1, 0.15) is 68.3 Å². The van der Waals surface area contributed by atoms with Gasteiger partial charge < -0.3 is 30.5 Å². The van der Waals surface area contributed by atoms with Crippen molar-refractivity contribution in [3.05, 3.63) is 35.5 Å². The van der Waals surface area contributed by atoms with Crippen molar-refractivity contribution in [2.45, 2.75) is 76.7 Å². The van der Waals surface area contributed by atoms with Crippen LogP contribution in [0.4, 0.5) is 30.6 Å². The summed E-state index contributed by atoms with van der Waals surface area (Å²) in [6, 6.07) is 4.24. The Bertz CT molecular complexity index is 1250. The van der Waals surface area contributed by atoms with E-state index in [0.29, 0.717) is 36.4 Å². The Balaban J connectivity index is 1.55. The van der Waals surface area contributed by atoms with Crippen LogP contribution in [-0.4, -0.2) is 83.5 Å². The molecular weight excluding hydrogens is 551 g/mol. The molecule has 0 radical (unpaired) electrons. The van der Waals surface area contributed by atoms with Crippen molar-refractivity contribution in [1.29, 1.82) is 0 Å². The van der Waals surface area contributed by atoms with E-state index in [1.165, 1.54) is 14.0 Å². The van der Waals surface area contributed by atoms with Gasteiger partial charge in [-0.2, -0.15) is 18.2 Å². The monoisotopic (exact) mass is 591 g/mol. The fourth-order valence-corrected chi connectivity index (χ4v) is 5.76. The van der Waals surface area contributed by atoms with E-state index in [4.69, 9.17) is 4.74 Å². The molecule has 2 atom stereocenters. The van der Waals surface area contributed by atoms with Crippen molar-refractivity contribution in [3.63, 3.8) is 0 Å². The van der Waals surface area contributed by atoms with E-state index in [1.54, 1.807) is 23.1 Å². The van der Waals surface area contributed by atoms with Gasteiger partial charge >= 0.3 is 6.18 Å². The molecule has 0 unspecified atom stereocenters. The number of nitrogens with one attached hydrogen (secondary N) is 3. The van der Waals surface area contributed by atoms with Gasteiger partial charge in [0, 0.05) is 37.3 Å². The first-order valence-corrected chi connectivity index (χ1v) is 14.4. The predicted octanol–water partition coefficient (Wildman–Crippen LogP) is 4.66. The predicted molar refractivity (Wildman–Crippen MR) is 154 cm³/mol. The van der Waals surface area contributed by atoms with Crippen LogP contribution in [0.2, 0.25) is 0 Å². The van der Waals surface area contributed by atoms with Crippen molar-refractivity contribution in [1.82, 2.24) is 25.1 Å². The summed E-state index contributed by atoms with van der Waals surface area (Å²) in [7, 11) is 3.49. The molecule has 2 amide bonds. The van der Waals surface area contributed by atoms with E-state index in [1.807, 2.05) is 6.92 Å². The van der Waals surface area contributed by atoms with Gasteiger partial charge in [0.25, 0.3) is 5.91 Å². The number of aromatic nitrogens is 2. The van der Waals surface area contributed by atoms with Crippen LogP contribution in [0.25, 0.3) is 0 Å². The Morgan fingerprint density at radius 2 is 1.86 bits per heavy atom. The second-order valence-electron chi connectivity index (χ2n) is 11.0. The molecule has 0 spiro atoms. The lowest BCUT2D eigenvalue weighted by atomic mass is 9.89. The van der Waals surface area contributed by atoms with Gasteiger partial charge in [0.15, 0.2) is 0 Å². The zero-order valence-electron chi connectivity index (χ0n) is 24.6. The average Bonchev–Trinajstić information content (AvgIpc) is 2.95. The second kappa shape index (κ2) is 13.6. The fourth-order valence-electron chi connectivity index (χ4n) is 5.76. The molecule has 10 nitrogen and oxygen atoms in total. The van der Waals surface area contributed by atoms with Crippen LogP contribution in [-0.2, 0) is 11.0 Å². The van der Waals surface area contributed by atoms with Gasteiger partial charge in [-0.3, -0.25) is 9.59 Å². The van der Waals surface area contributed by atoms with E-state index in [0.717, 1.165) is 45.0 Å². The number of methoxy groups -OCH3 is 1. The SMILES string of the molecule is CCN(C(C)=O)[C@@H]1CCCC[C@H]1Nc1nc(Nc2ccc(C(=O)NC3CCN(C)CC3)cc2OC)ncc1C(F)(F)F. The van der Waals surface area contributed by atoms with Crippen LogP contribution in [0.3, 0.4) is 0 Å². The maximum atomic E-state index is 14.0. The van der Waals surface area contributed by atoms with Crippen LogP contribution in [0.15, 0.2) is 24.4 Å². The molecular formula is C29H40F3N7O3. The number of ether oxygens (including phenoxy) is 1. The molecule has 2 heterocycles. The summed E-state index contributed by atoms with van der Waals surface area (Å²) in [6.07, 6.45) is 0.813. The molecule has 1 saturated carbocycles. The summed E-state index contributed by atoms with van der Waals surface area (Å²) < 4.78 is 47.4. The number of likely N-dealkylation sites (tertiary alicyclic amines) is 1. The highest BCUT2D eigenvalue weighted by Crippen LogP contribution is 2.37. The van der Waals surface area contributed by atoms with E-state index in [9.17, 15) is 22.8 Å². The summed E-state index contributed by atoms with van der Waals surface area (Å²) in [6.45, 7) is 5.62. The molecule has 2 aliphatic rings. The number of halogens is 3. The lowest BCUT2D eigenvalue weighted by Crippen LogP contribution is -2.50. The van der Waals surface area contributed by atoms with Crippen LogP contribution >= 0.6 is 0 Å². The number of piperidine rings is 1. The number of nitrogens with zero attached hydrogens (tertiary/aromatic N) is 4. The van der Waals surface area contributed by atoms with E-state index in [-0.39, 0.29) is 35.7 Å². The average molecular weight is 592 g/mol. The number of benzene rings is 1. The standard InChI is InChI=1S/C29H40F3N7O3/c1-5-39(18(2)40)24-9-7-6-8-22(24)35-26-21(29(30,31)32)17-33-28(37-26)36-23-11-10-19(16-25(23)42-4)27(41)34-20-12-14-38(3)15-13-20/h10-11,16-17,20,22,24H,5-9,12-15H2,1-4H3,(H,34,41)(H2,33,35,36,37)/t22-,24-/m1/s1. The first-order valence-electron chi connectivity index (χ1n) is 14.4. The third-order valence-electron chi connectivity index (χ3n) is 8.06. The Morgan fingerprint density at radius 1 is 1.14 bits per heavy atom. The van der Waals surface area contributed by atoms with Gasteiger partial charge in [-0.25, -0.2) is 4.98 Å². The van der Waals surface area contributed by atoms with E-state index >= 15 is 0 Å². The fraction of sp³-hybridized carbons (Fsp3) is 0.586. The number of hydrogen-bond donors (Lipinski definition) is 3. The topological polar surface area (TPSA) is 112 Å². The maximum absolute atomic E-state index is 14.0. The first-order chi connectivity index (χ1) is 20.0. The number of anilines is 3. The lowest BCUT2D eigenvalue weighted by molar-refractivity contribution is -0.137. The number of rotatable bonds is 9. The minimum Gasteiger partial charge on any atom is -0.495 e. The molecule has 2 aromatic rings. The molecule has 1 saturated heterocycles. The van der Waals surface area contributed by atoms with Crippen molar-refractivity contribution in [3.8, 4) is 5.75 Å². The first kappa shape index (κ1) is 31.3. The Morgan fingerprint density at radius 3 is 2.50 bits per heavy atom. The summed E-state index contributed by atoms with van der Waals surface area (Å²) in [5.41, 5.74) is -0.194. The van der Waals surface area contributed by atoms with Crippen LogP contribution < -0.4 is 20.7 Å². The second-order valence-corrected chi connectivity index (χ2v) is 11.0. The van der Waals surface area contributed by atoms with Gasteiger partial charge in [0.2, 0.25) is 11.9 Å². The quantitative estimate of drug-likeness (QED) is 0.386. The number of carbonyl (C=O) groups is 2. The number of alkyl halides is 3. The van der Waals surface area contributed by atoms with Gasteiger partial charge in [-0.05, 0) is 70.9 Å². The molecule has 2 fully saturated rings. The molecule has 230 valence electrons. The summed E-state index contributed by atoms with van der Waals surface area (Å²) in [5.74, 6) is -0.451. The summed E-state index contributed by atoms with van der Waals surface area (Å²) in [4.78, 5) is 37.2. The summed E-state index contributed by atoms with van der Waals surface area (Å²) in [5, 5.41) is 9.00. The Kier molecular flexibility index (Phi) is 10.1. The van der Waals surface area contributed by atoms with Gasteiger partial charge in [0.1, 0.15) is 17.1 Å². The third kappa shape index (κ3) is 7.61. The van der Waals surface area contributed by atoms with Crippen LogP contribution in [0.5, 0.6) is 5.75 Å². The minimum atomic E-state index is -4.68. The maximum Gasteiger partial charge on any atom is 0.421 e. The molecule has 0 bridgehead atoms. The number of amides is 2. The largest absolute Gasteiger partial charge is 0.495 e. The smallest absolute Gasteiger partial charge is 0.421 e. The van der Waals surface area contributed by atoms with Crippen molar-refractivity contribution in [2.24, 2.45) is 0 Å². The zero-order chi connectivity index (χ0) is 30.4. The highest BCUT2D eigenvalue weighted by atomic mass is 19.4. The number of likely N-dealkylation sites (N-methyl/N-ethyl adjacent to an activating group) is 1. The van der Waals surface area contributed by atoms with E-state index in [2.05, 4.69) is 37.9 Å². The molecule has 1 aliphatic heterocycles. The zero-order valence-corrected chi connectivity index (χ0v) is 24.6. The number of carbonyl (C=O) groups excluding carboxylic acids is 2. The molecule has 1 aromatic carbocycles. The molecule has 13 heteroatoms. The van der Waals surface area contributed by atoms with Crippen molar-refractivity contribution in [2.75, 3.05) is 44.4 Å². The van der Waals surface area contributed by atoms with Crippen LogP contribution in [0, 0.1) is 0 Å². The summed E-state index contributed by atoms with van der Waals surface area (Å²) >= 11 is 0. The molecule has 3 N–H and O–H groups in total. The Labute approximate surface area is 244 Å². The molecule has 4 rings (SSSR count). The Hall–Kier alpha value is -3.61. The van der Waals surface area contributed by atoms with Gasteiger partial charge in [-0.1, -0.05) is 12.8 Å². The minimum absolute atomic E-state index is 0.0707. The van der Waals surface area contributed by atoms with Crippen molar-refractivity contribution >= 4 is 29.3 Å². The van der Waals surface area contributed by atoms with Gasteiger partial charge in [-0.15, -0.1) is 0 Å². The molecule has 1 aliphatic carbocycles. The van der Waals surface area contributed by atoms with E-state index < -0.39 is 17.8 Å². The highest BCUT2D eigenvalue weighted by Gasteiger charge is 2.38. The normalized spacial score (nSPS) is 20.1. The third-order valence-corrected chi connectivity index (χ3v) is 8.06.